The van der Waals surface area contributed by atoms with Gasteiger partial charge in [0.2, 0.25) is 5.91 Å². The van der Waals surface area contributed by atoms with Crippen molar-refractivity contribution in [1.82, 2.24) is 20.9 Å². The van der Waals surface area contributed by atoms with Crippen LogP contribution < -0.4 is 20.7 Å². The van der Waals surface area contributed by atoms with Crippen LogP contribution in [0.3, 0.4) is 0 Å². The van der Waals surface area contributed by atoms with E-state index in [0.717, 1.165) is 30.3 Å². The minimum atomic E-state index is -0.795. The number of benzene rings is 1. The van der Waals surface area contributed by atoms with Crippen LogP contribution in [0.1, 0.15) is 50.0 Å². The Morgan fingerprint density at radius 1 is 1.33 bits per heavy atom. The van der Waals surface area contributed by atoms with Crippen LogP contribution in [0.15, 0.2) is 24.3 Å². The number of rotatable bonds is 9. The Bertz CT molecular complexity index is 1010. The van der Waals surface area contributed by atoms with E-state index >= 15 is 0 Å². The van der Waals surface area contributed by atoms with Crippen LogP contribution in [0.4, 0.5) is 0 Å². The summed E-state index contributed by atoms with van der Waals surface area (Å²) >= 11 is 0. The van der Waals surface area contributed by atoms with Gasteiger partial charge >= 0.3 is 0 Å². The summed E-state index contributed by atoms with van der Waals surface area (Å²) in [5.74, 6) is -0.127. The highest BCUT2D eigenvalue weighted by Crippen LogP contribution is 2.26. The number of aromatic nitrogens is 1. The highest BCUT2D eigenvalue weighted by Gasteiger charge is 2.29. The Hall–Kier alpha value is -3.09. The number of piperidine rings is 1. The molecule has 2 heterocycles. The van der Waals surface area contributed by atoms with E-state index in [-0.39, 0.29) is 11.8 Å². The first-order valence-electron chi connectivity index (χ1n) is 11.4. The summed E-state index contributed by atoms with van der Waals surface area (Å²) in [6.45, 7) is 4.67. The van der Waals surface area contributed by atoms with Crippen molar-refractivity contribution in [3.8, 4) is 11.8 Å². The topological polar surface area (TPSA) is 139 Å². The van der Waals surface area contributed by atoms with Crippen LogP contribution in [0.5, 0.6) is 5.75 Å². The zero-order valence-corrected chi connectivity index (χ0v) is 19.4. The lowest BCUT2D eigenvalue weighted by molar-refractivity contribution is -0.124. The van der Waals surface area contributed by atoms with Gasteiger partial charge in [-0.2, -0.15) is 5.26 Å². The highest BCUT2D eigenvalue weighted by molar-refractivity contribution is 6.01. The molecule has 2 aromatic rings. The lowest BCUT2D eigenvalue weighted by atomic mass is 9.91. The van der Waals surface area contributed by atoms with Gasteiger partial charge in [0.05, 0.1) is 13.2 Å². The van der Waals surface area contributed by atoms with Crippen molar-refractivity contribution >= 4 is 22.7 Å². The molecule has 9 nitrogen and oxygen atoms in total. The lowest BCUT2D eigenvalue weighted by Gasteiger charge is -2.30. The highest BCUT2D eigenvalue weighted by atomic mass is 16.5. The number of nitrogens with zero attached hydrogens (tertiary/aromatic N) is 1. The summed E-state index contributed by atoms with van der Waals surface area (Å²) in [5, 5.41) is 29.0. The second kappa shape index (κ2) is 11.2. The zero-order chi connectivity index (χ0) is 24.0. The number of aromatic amines is 1. The predicted octanol–water partition coefficient (Wildman–Crippen LogP) is 2.04. The molecule has 4 unspecified atom stereocenters. The largest absolute Gasteiger partial charge is 0.496 e. The minimum Gasteiger partial charge on any atom is -0.496 e. The number of methoxy groups -OCH3 is 1. The average Bonchev–Trinajstić information content (AvgIpc) is 3.24. The summed E-state index contributed by atoms with van der Waals surface area (Å²) in [4.78, 5) is 29.0. The summed E-state index contributed by atoms with van der Waals surface area (Å²) in [5.41, 5.74) is 1.08. The molecular formula is C24H33N5O4. The summed E-state index contributed by atoms with van der Waals surface area (Å²) in [6, 6.07) is 7.76. The van der Waals surface area contributed by atoms with Gasteiger partial charge in [-0.25, -0.2) is 0 Å². The number of fused-ring (bicyclic) bond motifs is 1. The van der Waals surface area contributed by atoms with Crippen LogP contribution in [-0.4, -0.2) is 53.9 Å². The SMILES string of the molecule is COc1cccc2[nH]c(C(=O)NC(CC(C)C)C(=O)NC(C#N)CC3CCCNC3O)cc12. The van der Waals surface area contributed by atoms with E-state index in [1.165, 1.54) is 0 Å². The van der Waals surface area contributed by atoms with Crippen molar-refractivity contribution in [1.29, 1.82) is 5.26 Å². The molecule has 0 aliphatic carbocycles. The Morgan fingerprint density at radius 3 is 2.79 bits per heavy atom. The predicted molar refractivity (Wildman–Crippen MR) is 124 cm³/mol. The maximum atomic E-state index is 13.0. The molecule has 33 heavy (non-hydrogen) atoms. The van der Waals surface area contributed by atoms with E-state index in [4.69, 9.17) is 4.74 Å². The van der Waals surface area contributed by atoms with E-state index in [1.54, 1.807) is 13.2 Å². The fourth-order valence-corrected chi connectivity index (χ4v) is 4.27. The van der Waals surface area contributed by atoms with Gasteiger partial charge in [-0.1, -0.05) is 19.9 Å². The molecule has 0 saturated carbocycles. The third-order valence-electron chi connectivity index (χ3n) is 5.98. The van der Waals surface area contributed by atoms with Gasteiger partial charge in [-0.3, -0.25) is 14.9 Å². The van der Waals surface area contributed by atoms with Crippen molar-refractivity contribution in [3.05, 3.63) is 30.0 Å². The number of carbonyl (C=O) groups is 2. The Labute approximate surface area is 193 Å². The molecule has 1 aromatic carbocycles. The molecule has 1 saturated heterocycles. The van der Waals surface area contributed by atoms with Gasteiger partial charge in [-0.05, 0) is 56.3 Å². The molecule has 1 aliphatic heterocycles. The number of nitrogens with one attached hydrogen (secondary N) is 4. The molecule has 178 valence electrons. The molecule has 5 N–H and O–H groups in total. The van der Waals surface area contributed by atoms with Gasteiger partial charge < -0.3 is 25.5 Å². The molecule has 0 bridgehead atoms. The van der Waals surface area contributed by atoms with E-state index in [9.17, 15) is 20.0 Å². The molecule has 1 fully saturated rings. The second-order valence-electron chi connectivity index (χ2n) is 8.99. The maximum absolute atomic E-state index is 13.0. The fourth-order valence-electron chi connectivity index (χ4n) is 4.27. The van der Waals surface area contributed by atoms with E-state index in [2.05, 4.69) is 27.0 Å². The van der Waals surface area contributed by atoms with E-state index < -0.39 is 30.1 Å². The van der Waals surface area contributed by atoms with Crippen LogP contribution in [-0.2, 0) is 4.79 Å². The summed E-state index contributed by atoms with van der Waals surface area (Å²) < 4.78 is 5.35. The van der Waals surface area contributed by atoms with Crippen LogP contribution >= 0.6 is 0 Å². The Morgan fingerprint density at radius 2 is 2.12 bits per heavy atom. The first-order valence-corrected chi connectivity index (χ1v) is 11.4. The minimum absolute atomic E-state index is 0.108. The van der Waals surface area contributed by atoms with E-state index in [0.29, 0.717) is 24.3 Å². The van der Waals surface area contributed by atoms with Gasteiger partial charge in [-0.15, -0.1) is 0 Å². The van der Waals surface area contributed by atoms with Crippen LogP contribution in [0.2, 0.25) is 0 Å². The second-order valence-corrected chi connectivity index (χ2v) is 8.99. The molecule has 2 amide bonds. The smallest absolute Gasteiger partial charge is 0.268 e. The van der Waals surface area contributed by atoms with E-state index in [1.807, 2.05) is 32.0 Å². The number of ether oxygens (including phenoxy) is 1. The summed E-state index contributed by atoms with van der Waals surface area (Å²) in [6.07, 6.45) is 1.79. The lowest BCUT2D eigenvalue weighted by Crippen LogP contribution is -2.51. The van der Waals surface area contributed by atoms with Gasteiger partial charge in [0.25, 0.3) is 5.91 Å². The normalized spacial score (nSPS) is 20.1. The number of amides is 2. The first kappa shape index (κ1) is 24.6. The van der Waals surface area contributed by atoms with Crippen LogP contribution in [0, 0.1) is 23.2 Å². The molecule has 0 spiro atoms. The van der Waals surface area contributed by atoms with Gasteiger partial charge in [0, 0.05) is 16.8 Å². The van der Waals surface area contributed by atoms with Crippen LogP contribution in [0.25, 0.3) is 10.9 Å². The Kier molecular flexibility index (Phi) is 8.31. The van der Waals surface area contributed by atoms with Gasteiger partial charge in [0.1, 0.15) is 29.8 Å². The monoisotopic (exact) mass is 455 g/mol. The third-order valence-corrected chi connectivity index (χ3v) is 5.98. The number of aliphatic hydroxyl groups excluding tert-OH is 1. The van der Waals surface area contributed by atoms with Crippen molar-refractivity contribution in [2.24, 2.45) is 11.8 Å². The molecule has 1 aliphatic rings. The number of nitriles is 1. The first-order chi connectivity index (χ1) is 15.8. The quantitative estimate of drug-likeness (QED) is 0.392. The van der Waals surface area contributed by atoms with Gasteiger partial charge in [0.15, 0.2) is 0 Å². The van der Waals surface area contributed by atoms with Crippen molar-refractivity contribution in [3.63, 3.8) is 0 Å². The van der Waals surface area contributed by atoms with Crippen molar-refractivity contribution < 1.29 is 19.4 Å². The molecule has 3 rings (SSSR count). The number of H-pyrrole nitrogens is 1. The molecule has 4 atom stereocenters. The number of aliphatic hydroxyl groups is 1. The van der Waals surface area contributed by atoms with Crippen molar-refractivity contribution in [2.75, 3.05) is 13.7 Å². The number of hydrogen-bond donors (Lipinski definition) is 5. The molecule has 1 aromatic heterocycles. The standard InChI is InChI=1S/C24H33N5O4/c1-14(2)10-19(23(31)27-16(13-25)11-15-6-5-9-26-22(15)30)29-24(32)20-12-17-18(28-20)7-4-8-21(17)33-3/h4,7-8,12,14-16,19,22,26,28,30H,5-6,9-11H2,1-3H3,(H,27,31)(H,29,32). The maximum Gasteiger partial charge on any atom is 0.268 e. The summed E-state index contributed by atoms with van der Waals surface area (Å²) in [7, 11) is 1.57. The fraction of sp³-hybridized carbons (Fsp3) is 0.542. The molecule has 0 radical (unpaired) electrons. The molecular weight excluding hydrogens is 422 g/mol. The van der Waals surface area contributed by atoms with Crippen molar-refractivity contribution in [2.45, 2.75) is 57.8 Å². The Balaban J connectivity index is 1.70. The average molecular weight is 456 g/mol. The third kappa shape index (κ3) is 6.24. The molecule has 9 heteroatoms. The number of hydrogen-bond acceptors (Lipinski definition) is 6. The number of carbonyl (C=O) groups excluding carboxylic acids is 2. The zero-order valence-electron chi connectivity index (χ0n) is 19.4.